The third-order valence-electron chi connectivity index (χ3n) is 3.98. The summed E-state index contributed by atoms with van der Waals surface area (Å²) in [5.41, 5.74) is 2.05. The molecule has 0 aromatic heterocycles. The van der Waals surface area contributed by atoms with Crippen LogP contribution in [0.5, 0.6) is 0 Å². The van der Waals surface area contributed by atoms with E-state index in [0.717, 1.165) is 26.1 Å². The highest BCUT2D eigenvalue weighted by Gasteiger charge is 2.24. The molecule has 5 heteroatoms. The molecule has 3 rings (SSSR count). The van der Waals surface area contributed by atoms with Crippen LogP contribution in [0.4, 0.5) is 11.4 Å². The van der Waals surface area contributed by atoms with Gasteiger partial charge in [-0.3, -0.25) is 15.0 Å². The van der Waals surface area contributed by atoms with E-state index < -0.39 is 0 Å². The minimum Gasteiger partial charge on any atom is -0.375 e. The van der Waals surface area contributed by atoms with Gasteiger partial charge in [0.2, 0.25) is 0 Å². The number of anilines is 1. The summed E-state index contributed by atoms with van der Waals surface area (Å²) < 4.78 is 0. The van der Waals surface area contributed by atoms with Gasteiger partial charge in [0.15, 0.2) is 0 Å². The van der Waals surface area contributed by atoms with E-state index in [9.17, 15) is 10.1 Å². The van der Waals surface area contributed by atoms with Crippen LogP contribution in [0.1, 0.15) is 12.0 Å². The summed E-state index contributed by atoms with van der Waals surface area (Å²) >= 11 is 0. The zero-order valence-corrected chi connectivity index (χ0v) is 12.3. The highest BCUT2D eigenvalue weighted by atomic mass is 16.6. The number of nitrogens with one attached hydrogen (secondary N) is 1. The molecule has 114 valence electrons. The van der Waals surface area contributed by atoms with E-state index in [1.807, 2.05) is 12.1 Å². The molecule has 0 saturated carbocycles. The van der Waals surface area contributed by atoms with Gasteiger partial charge >= 0.3 is 0 Å². The monoisotopic (exact) mass is 297 g/mol. The van der Waals surface area contributed by atoms with Crippen molar-refractivity contribution in [3.05, 3.63) is 70.3 Å². The number of nitro groups is 1. The number of hydrogen-bond acceptors (Lipinski definition) is 4. The first-order valence-electron chi connectivity index (χ1n) is 7.48. The van der Waals surface area contributed by atoms with Crippen molar-refractivity contribution >= 4 is 11.4 Å². The molecule has 22 heavy (non-hydrogen) atoms. The van der Waals surface area contributed by atoms with Gasteiger partial charge in [0.25, 0.3) is 5.69 Å². The molecule has 2 aromatic carbocycles. The van der Waals surface area contributed by atoms with Gasteiger partial charge in [-0.05, 0) is 18.1 Å². The molecule has 1 N–H and O–H groups in total. The van der Waals surface area contributed by atoms with Crippen molar-refractivity contribution in [2.45, 2.75) is 19.0 Å². The maximum absolute atomic E-state index is 11.1. The highest BCUT2D eigenvalue weighted by molar-refractivity contribution is 5.61. The lowest BCUT2D eigenvalue weighted by molar-refractivity contribution is -0.384. The van der Waals surface area contributed by atoms with Crippen molar-refractivity contribution in [3.8, 4) is 0 Å². The number of nitrogens with zero attached hydrogens (tertiary/aromatic N) is 2. The Morgan fingerprint density at radius 3 is 2.64 bits per heavy atom. The zero-order chi connectivity index (χ0) is 15.4. The Bertz CT molecular complexity index is 645. The Balaban J connectivity index is 1.61. The second-order valence-corrected chi connectivity index (χ2v) is 5.62. The van der Waals surface area contributed by atoms with Gasteiger partial charge in [-0.25, -0.2) is 0 Å². The fourth-order valence-corrected chi connectivity index (χ4v) is 2.91. The maximum Gasteiger partial charge on any atom is 0.292 e. The Labute approximate surface area is 129 Å². The van der Waals surface area contributed by atoms with Gasteiger partial charge in [-0.1, -0.05) is 42.5 Å². The molecule has 5 nitrogen and oxygen atoms in total. The van der Waals surface area contributed by atoms with Crippen LogP contribution in [0, 0.1) is 10.1 Å². The molecule has 0 radical (unpaired) electrons. The summed E-state index contributed by atoms with van der Waals surface area (Å²) in [4.78, 5) is 13.1. The smallest absolute Gasteiger partial charge is 0.292 e. The Morgan fingerprint density at radius 2 is 1.86 bits per heavy atom. The van der Waals surface area contributed by atoms with E-state index in [-0.39, 0.29) is 16.7 Å². The van der Waals surface area contributed by atoms with Crippen molar-refractivity contribution in [2.75, 3.05) is 18.4 Å². The van der Waals surface area contributed by atoms with E-state index in [1.165, 1.54) is 5.56 Å². The molecule has 0 amide bonds. The molecule has 0 bridgehead atoms. The van der Waals surface area contributed by atoms with Crippen LogP contribution in [-0.4, -0.2) is 29.0 Å². The Hall–Kier alpha value is -2.40. The third kappa shape index (κ3) is 3.43. The lowest BCUT2D eigenvalue weighted by Crippen LogP contribution is -2.26. The summed E-state index contributed by atoms with van der Waals surface area (Å²) in [6.07, 6.45) is 0.999. The number of hydrogen-bond donors (Lipinski definition) is 1. The van der Waals surface area contributed by atoms with E-state index in [0.29, 0.717) is 5.69 Å². The van der Waals surface area contributed by atoms with Gasteiger partial charge in [0, 0.05) is 31.7 Å². The van der Waals surface area contributed by atoms with Gasteiger partial charge in [0.1, 0.15) is 5.69 Å². The SMILES string of the molecule is O=[N+]([O-])c1ccccc1NC1CCN(Cc2ccccc2)C1. The Kier molecular flexibility index (Phi) is 4.34. The molecule has 1 aliphatic rings. The van der Waals surface area contributed by atoms with Gasteiger partial charge < -0.3 is 5.32 Å². The van der Waals surface area contributed by atoms with Crippen molar-refractivity contribution < 1.29 is 4.92 Å². The first-order chi connectivity index (χ1) is 10.7. The second-order valence-electron chi connectivity index (χ2n) is 5.62. The topological polar surface area (TPSA) is 58.4 Å². The second kappa shape index (κ2) is 6.58. The molecule has 1 heterocycles. The molecule has 1 saturated heterocycles. The summed E-state index contributed by atoms with van der Waals surface area (Å²) in [5, 5.41) is 14.4. The lowest BCUT2D eigenvalue weighted by atomic mass is 10.2. The lowest BCUT2D eigenvalue weighted by Gasteiger charge is -2.17. The van der Waals surface area contributed by atoms with Gasteiger partial charge in [-0.15, -0.1) is 0 Å². The van der Waals surface area contributed by atoms with Crippen molar-refractivity contribution in [1.82, 2.24) is 4.90 Å². The molecule has 0 aliphatic carbocycles. The largest absolute Gasteiger partial charge is 0.375 e. The summed E-state index contributed by atoms with van der Waals surface area (Å²) in [6.45, 7) is 2.84. The first kappa shape index (κ1) is 14.5. The quantitative estimate of drug-likeness (QED) is 0.679. The number of rotatable bonds is 5. The first-order valence-corrected chi connectivity index (χ1v) is 7.48. The standard InChI is InChI=1S/C17H19N3O2/c21-20(22)17-9-5-4-8-16(17)18-15-10-11-19(13-15)12-14-6-2-1-3-7-14/h1-9,15,18H,10-13H2. The molecule has 1 aliphatic heterocycles. The average Bonchev–Trinajstić information content (AvgIpc) is 2.96. The molecule has 1 fully saturated rings. The third-order valence-corrected chi connectivity index (χ3v) is 3.98. The number of nitro benzene ring substituents is 1. The number of benzene rings is 2. The van der Waals surface area contributed by atoms with Crippen LogP contribution in [0.2, 0.25) is 0 Å². The Morgan fingerprint density at radius 1 is 1.14 bits per heavy atom. The van der Waals surface area contributed by atoms with Crippen LogP contribution >= 0.6 is 0 Å². The fraction of sp³-hybridized carbons (Fsp3) is 0.294. The van der Waals surface area contributed by atoms with Crippen molar-refractivity contribution in [3.63, 3.8) is 0 Å². The molecule has 2 aromatic rings. The minimum absolute atomic E-state index is 0.143. The summed E-state index contributed by atoms with van der Waals surface area (Å²) in [6, 6.07) is 17.5. The molecule has 1 atom stereocenters. The predicted molar refractivity (Wildman–Crippen MR) is 86.8 cm³/mol. The zero-order valence-electron chi connectivity index (χ0n) is 12.3. The van der Waals surface area contributed by atoms with Crippen LogP contribution in [0.25, 0.3) is 0 Å². The van der Waals surface area contributed by atoms with Gasteiger partial charge in [-0.2, -0.15) is 0 Å². The molecular weight excluding hydrogens is 278 g/mol. The highest BCUT2D eigenvalue weighted by Crippen LogP contribution is 2.26. The van der Waals surface area contributed by atoms with Crippen LogP contribution < -0.4 is 5.32 Å². The predicted octanol–water partition coefficient (Wildman–Crippen LogP) is 3.28. The maximum atomic E-state index is 11.1. The number of likely N-dealkylation sites (tertiary alicyclic amines) is 1. The van der Waals surface area contributed by atoms with E-state index >= 15 is 0 Å². The van der Waals surface area contributed by atoms with E-state index in [1.54, 1.807) is 18.2 Å². The van der Waals surface area contributed by atoms with Crippen LogP contribution in [0.15, 0.2) is 54.6 Å². The average molecular weight is 297 g/mol. The van der Waals surface area contributed by atoms with Crippen LogP contribution in [-0.2, 0) is 6.54 Å². The molecule has 1 unspecified atom stereocenters. The normalized spacial score (nSPS) is 18.3. The number of para-hydroxylation sites is 2. The molecular formula is C17H19N3O2. The van der Waals surface area contributed by atoms with E-state index in [2.05, 4.69) is 34.5 Å². The van der Waals surface area contributed by atoms with Crippen molar-refractivity contribution in [2.24, 2.45) is 0 Å². The minimum atomic E-state index is -0.334. The molecule has 0 spiro atoms. The van der Waals surface area contributed by atoms with Crippen molar-refractivity contribution in [1.29, 1.82) is 0 Å². The summed E-state index contributed by atoms with van der Waals surface area (Å²) in [5.74, 6) is 0. The fourth-order valence-electron chi connectivity index (χ4n) is 2.91. The summed E-state index contributed by atoms with van der Waals surface area (Å²) in [7, 11) is 0. The van der Waals surface area contributed by atoms with Gasteiger partial charge in [0.05, 0.1) is 4.92 Å². The van der Waals surface area contributed by atoms with Crippen LogP contribution in [0.3, 0.4) is 0 Å². The van der Waals surface area contributed by atoms with E-state index in [4.69, 9.17) is 0 Å².